The fourth-order valence-electron chi connectivity index (χ4n) is 3.78. The number of hydrogen-bond acceptors (Lipinski definition) is 7. The van der Waals surface area contributed by atoms with Gasteiger partial charge in [0.15, 0.2) is 0 Å². The molecule has 3 N–H and O–H groups in total. The average molecular weight is 427 g/mol. The van der Waals surface area contributed by atoms with Crippen LogP contribution in [0, 0.1) is 0 Å². The molecule has 28 heavy (non-hydrogen) atoms. The third-order valence-electron chi connectivity index (χ3n) is 5.25. The number of amides is 2. The highest BCUT2D eigenvalue weighted by atomic mass is 35.5. The van der Waals surface area contributed by atoms with E-state index in [9.17, 15) is 9.59 Å². The molecule has 0 bridgehead atoms. The summed E-state index contributed by atoms with van der Waals surface area (Å²) in [6, 6.07) is 3.68. The van der Waals surface area contributed by atoms with E-state index in [1.165, 1.54) is 22.5 Å². The van der Waals surface area contributed by atoms with E-state index in [1.807, 2.05) is 6.07 Å². The van der Waals surface area contributed by atoms with Crippen LogP contribution >= 0.6 is 23.7 Å². The van der Waals surface area contributed by atoms with Gasteiger partial charge in [0.1, 0.15) is 12.0 Å². The number of rotatable bonds is 4. The Bertz CT molecular complexity index is 831. The molecule has 1 fully saturated rings. The van der Waals surface area contributed by atoms with Gasteiger partial charge in [0, 0.05) is 30.5 Å². The van der Waals surface area contributed by atoms with Crippen molar-refractivity contribution in [3.8, 4) is 0 Å². The predicted molar refractivity (Wildman–Crippen MR) is 105 cm³/mol. The minimum atomic E-state index is -0.403. The van der Waals surface area contributed by atoms with E-state index in [-0.39, 0.29) is 30.8 Å². The van der Waals surface area contributed by atoms with Crippen molar-refractivity contribution in [3.63, 3.8) is 0 Å². The number of nitrogens with zero attached hydrogens (tertiary/aromatic N) is 2. The molecule has 0 saturated carbocycles. The lowest BCUT2D eigenvalue weighted by Crippen LogP contribution is -2.49. The van der Waals surface area contributed by atoms with Crippen molar-refractivity contribution in [2.45, 2.75) is 31.4 Å². The number of nitrogens with two attached hydrogens (primary N) is 1. The Morgan fingerprint density at radius 1 is 1.36 bits per heavy atom. The lowest BCUT2D eigenvalue weighted by atomic mass is 9.82. The van der Waals surface area contributed by atoms with Gasteiger partial charge in [-0.3, -0.25) is 9.59 Å². The van der Waals surface area contributed by atoms with E-state index in [2.05, 4.69) is 10.5 Å². The van der Waals surface area contributed by atoms with Crippen LogP contribution in [0.25, 0.3) is 0 Å². The molecule has 0 radical (unpaired) electrons. The van der Waals surface area contributed by atoms with Crippen LogP contribution in [-0.4, -0.2) is 48.1 Å². The first-order chi connectivity index (χ1) is 13.1. The number of nitrogens with one attached hydrogen (secondary N) is 1. The average Bonchev–Trinajstić information content (AvgIpc) is 3.36. The number of carbonyl (C=O) groups excluding carboxylic acids is 2. The van der Waals surface area contributed by atoms with Crippen molar-refractivity contribution >= 4 is 35.6 Å². The standard InChI is InChI=1S/C18H22N4O4S.ClH/c19-10-16(23)22-5-3-18(4-6-22)13-9-15(27-14(13)2-7-25-18)17(24)20-11-12-1-8-26-21-12;/h1,8-9H,2-7,10-11,19H2,(H,20,24);1H. The Kier molecular flexibility index (Phi) is 6.39. The zero-order valence-electron chi connectivity index (χ0n) is 15.3. The van der Waals surface area contributed by atoms with E-state index in [4.69, 9.17) is 15.0 Å². The van der Waals surface area contributed by atoms with Gasteiger partial charge >= 0.3 is 0 Å². The maximum absolute atomic E-state index is 12.5. The number of ether oxygens (including phenoxy) is 1. The van der Waals surface area contributed by atoms with Gasteiger partial charge < -0.3 is 25.2 Å². The van der Waals surface area contributed by atoms with Gasteiger partial charge in [-0.05, 0) is 24.5 Å². The third-order valence-corrected chi connectivity index (χ3v) is 6.44. The minimum Gasteiger partial charge on any atom is -0.370 e. The maximum atomic E-state index is 12.5. The molecule has 8 nitrogen and oxygen atoms in total. The van der Waals surface area contributed by atoms with Crippen molar-refractivity contribution in [1.82, 2.24) is 15.4 Å². The smallest absolute Gasteiger partial charge is 0.261 e. The second-order valence-electron chi connectivity index (χ2n) is 6.80. The molecule has 0 aromatic carbocycles. The number of halogens is 1. The van der Waals surface area contributed by atoms with Crippen molar-refractivity contribution in [2.24, 2.45) is 5.73 Å². The molecule has 2 aromatic heterocycles. The molecule has 152 valence electrons. The molecule has 2 amide bonds. The Labute approximate surface area is 172 Å². The largest absolute Gasteiger partial charge is 0.370 e. The predicted octanol–water partition coefficient (Wildman–Crippen LogP) is 1.44. The molecule has 4 rings (SSSR count). The van der Waals surface area contributed by atoms with Crippen LogP contribution in [0.3, 0.4) is 0 Å². The van der Waals surface area contributed by atoms with Crippen LogP contribution in [0.5, 0.6) is 0 Å². The first-order valence-corrected chi connectivity index (χ1v) is 9.85. The van der Waals surface area contributed by atoms with E-state index in [0.717, 1.165) is 24.8 Å². The minimum absolute atomic E-state index is 0. The summed E-state index contributed by atoms with van der Waals surface area (Å²) in [7, 11) is 0. The van der Waals surface area contributed by atoms with E-state index in [1.54, 1.807) is 11.0 Å². The normalized spacial score (nSPS) is 17.7. The van der Waals surface area contributed by atoms with Gasteiger partial charge in [0.2, 0.25) is 5.91 Å². The van der Waals surface area contributed by atoms with Gasteiger partial charge in [-0.15, -0.1) is 23.7 Å². The fourth-order valence-corrected chi connectivity index (χ4v) is 4.92. The van der Waals surface area contributed by atoms with Gasteiger partial charge in [-0.2, -0.15) is 0 Å². The monoisotopic (exact) mass is 426 g/mol. The van der Waals surface area contributed by atoms with Crippen molar-refractivity contribution in [2.75, 3.05) is 26.2 Å². The first kappa shape index (κ1) is 20.8. The van der Waals surface area contributed by atoms with Gasteiger partial charge in [-0.25, -0.2) is 0 Å². The van der Waals surface area contributed by atoms with Crippen molar-refractivity contribution < 1.29 is 18.8 Å². The van der Waals surface area contributed by atoms with Crippen LogP contribution in [0.4, 0.5) is 0 Å². The topological polar surface area (TPSA) is 111 Å². The van der Waals surface area contributed by atoms with Crippen LogP contribution in [0.15, 0.2) is 22.9 Å². The molecule has 2 aliphatic heterocycles. The SMILES string of the molecule is Cl.NCC(=O)N1CCC2(CC1)OCCc1sc(C(=O)NCc3ccon3)cc12. The summed E-state index contributed by atoms with van der Waals surface area (Å²) in [5, 5.41) is 6.67. The number of carbonyl (C=O) groups is 2. The first-order valence-electron chi connectivity index (χ1n) is 9.04. The highest BCUT2D eigenvalue weighted by Crippen LogP contribution is 2.44. The molecule has 1 saturated heterocycles. The Balaban J connectivity index is 0.00000225. The Morgan fingerprint density at radius 3 is 2.82 bits per heavy atom. The van der Waals surface area contributed by atoms with E-state index < -0.39 is 5.60 Å². The number of aromatic nitrogens is 1. The summed E-state index contributed by atoms with van der Waals surface area (Å²) in [5.41, 5.74) is 6.86. The number of fused-ring (bicyclic) bond motifs is 2. The van der Waals surface area contributed by atoms with Gasteiger partial charge in [-0.1, -0.05) is 5.16 Å². The van der Waals surface area contributed by atoms with Crippen LogP contribution in [0.2, 0.25) is 0 Å². The van der Waals surface area contributed by atoms with Crippen LogP contribution in [0.1, 0.15) is 38.6 Å². The Morgan fingerprint density at radius 2 is 2.14 bits per heavy atom. The lowest BCUT2D eigenvalue weighted by molar-refractivity contribution is -0.139. The number of piperidine rings is 1. The summed E-state index contributed by atoms with van der Waals surface area (Å²) >= 11 is 1.52. The lowest BCUT2D eigenvalue weighted by Gasteiger charge is -2.44. The maximum Gasteiger partial charge on any atom is 0.261 e. The van der Waals surface area contributed by atoms with Gasteiger partial charge in [0.05, 0.1) is 30.2 Å². The second-order valence-corrected chi connectivity index (χ2v) is 7.94. The fraction of sp³-hybridized carbons (Fsp3) is 0.500. The number of hydrogen-bond donors (Lipinski definition) is 2. The number of likely N-dealkylation sites (tertiary alicyclic amines) is 1. The van der Waals surface area contributed by atoms with Crippen LogP contribution in [-0.2, 0) is 28.1 Å². The Hall–Kier alpha value is -1.94. The summed E-state index contributed by atoms with van der Waals surface area (Å²) in [6.45, 7) is 2.25. The molecule has 4 heterocycles. The number of thiophene rings is 1. The van der Waals surface area contributed by atoms with Crippen LogP contribution < -0.4 is 11.1 Å². The molecule has 2 aromatic rings. The van der Waals surface area contributed by atoms with Crippen molar-refractivity contribution in [1.29, 1.82) is 0 Å². The second kappa shape index (κ2) is 8.60. The molecule has 0 unspecified atom stereocenters. The third kappa shape index (κ3) is 3.93. The van der Waals surface area contributed by atoms with E-state index >= 15 is 0 Å². The summed E-state index contributed by atoms with van der Waals surface area (Å²) < 4.78 is 11.0. The highest BCUT2D eigenvalue weighted by Gasteiger charge is 2.43. The van der Waals surface area contributed by atoms with E-state index in [0.29, 0.717) is 36.8 Å². The zero-order valence-corrected chi connectivity index (χ0v) is 16.9. The molecule has 0 atom stereocenters. The molecule has 2 aliphatic rings. The highest BCUT2D eigenvalue weighted by molar-refractivity contribution is 7.14. The molecule has 10 heteroatoms. The molecular formula is C18H23ClN4O4S. The zero-order chi connectivity index (χ0) is 18.9. The quantitative estimate of drug-likeness (QED) is 0.765. The van der Waals surface area contributed by atoms with Gasteiger partial charge in [0.25, 0.3) is 5.91 Å². The molecule has 0 aliphatic carbocycles. The summed E-state index contributed by atoms with van der Waals surface area (Å²) in [6.07, 6.45) is 3.74. The molecule has 1 spiro atoms. The summed E-state index contributed by atoms with van der Waals surface area (Å²) in [4.78, 5) is 28.1. The summed E-state index contributed by atoms with van der Waals surface area (Å²) in [5.74, 6) is -0.151. The molecular weight excluding hydrogens is 404 g/mol. The van der Waals surface area contributed by atoms with Crippen molar-refractivity contribution in [3.05, 3.63) is 39.4 Å².